The molecule has 4 nitrogen and oxygen atoms in total. The zero-order valence-corrected chi connectivity index (χ0v) is 9.34. The molecule has 0 heterocycles. The van der Waals surface area contributed by atoms with E-state index in [-0.39, 0.29) is 8.69 Å². The Kier molecular flexibility index (Phi) is 7.04. The van der Waals surface area contributed by atoms with Crippen LogP contribution in [0.1, 0.15) is 27.7 Å². The van der Waals surface area contributed by atoms with E-state index in [2.05, 4.69) is 11.1 Å². The summed E-state index contributed by atoms with van der Waals surface area (Å²) in [7, 11) is -0.338. The van der Waals surface area contributed by atoms with Crippen molar-refractivity contribution in [3.63, 3.8) is 0 Å². The Balaban J connectivity index is 0. The van der Waals surface area contributed by atoms with Gasteiger partial charge in [-0.1, -0.05) is 6.58 Å². The van der Waals surface area contributed by atoms with Gasteiger partial charge in [0.2, 0.25) is 0 Å². The molecule has 0 aromatic carbocycles. The lowest BCUT2D eigenvalue weighted by molar-refractivity contribution is -0.107. The van der Waals surface area contributed by atoms with E-state index in [1.54, 1.807) is 27.7 Å². The van der Waals surface area contributed by atoms with Gasteiger partial charge in [0, 0.05) is 0 Å². The Morgan fingerprint density at radius 1 is 1.23 bits per heavy atom. The molecule has 5 heteroatoms. The molecule has 0 aromatic heterocycles. The van der Waals surface area contributed by atoms with Crippen LogP contribution in [0.25, 0.3) is 0 Å². The molecule has 78 valence electrons. The van der Waals surface area contributed by atoms with Crippen LogP contribution in [0, 0.1) is 0 Å². The van der Waals surface area contributed by atoms with Gasteiger partial charge in [0.15, 0.2) is 0 Å². The molecule has 0 unspecified atom stereocenters. The molecule has 0 bridgehead atoms. The predicted octanol–water partition coefficient (Wildman–Crippen LogP) is 1.88. The van der Waals surface area contributed by atoms with E-state index in [9.17, 15) is 4.57 Å². The van der Waals surface area contributed by atoms with Crippen molar-refractivity contribution in [1.82, 2.24) is 0 Å². The van der Waals surface area contributed by atoms with E-state index in [4.69, 9.17) is 10.2 Å². The summed E-state index contributed by atoms with van der Waals surface area (Å²) in [6.07, 6.45) is 1.11. The van der Waals surface area contributed by atoms with Crippen LogP contribution in [0.3, 0.4) is 0 Å². The van der Waals surface area contributed by atoms with Crippen molar-refractivity contribution in [1.29, 1.82) is 0 Å². The first kappa shape index (κ1) is 15.1. The minimum Gasteiger partial charge on any atom is -0.416 e. The van der Waals surface area contributed by atoms with Crippen molar-refractivity contribution in [2.45, 2.75) is 38.9 Å². The highest BCUT2D eigenvalue weighted by Gasteiger charge is 2.31. The molecule has 0 aliphatic heterocycles. The zero-order valence-electron chi connectivity index (χ0n) is 8.44. The first-order valence-corrected chi connectivity index (χ1v) is 4.44. The van der Waals surface area contributed by atoms with Crippen molar-refractivity contribution < 1.29 is 19.3 Å². The Bertz CT molecular complexity index is 137. The van der Waals surface area contributed by atoms with Gasteiger partial charge < -0.3 is 14.7 Å². The Morgan fingerprint density at radius 2 is 1.54 bits per heavy atom. The highest BCUT2D eigenvalue weighted by molar-refractivity contribution is 7.17. The predicted molar refractivity (Wildman–Crippen MR) is 51.5 cm³/mol. The third kappa shape index (κ3) is 9.47. The molecular weight excluding hydrogens is 191 g/mol. The molecule has 13 heavy (non-hydrogen) atoms. The van der Waals surface area contributed by atoms with Crippen LogP contribution in [0.15, 0.2) is 12.8 Å². The van der Waals surface area contributed by atoms with Crippen molar-refractivity contribution in [2.75, 3.05) is 0 Å². The topological polar surface area (TPSA) is 66.8 Å². The van der Waals surface area contributed by atoms with Crippen LogP contribution in [0.2, 0.25) is 0 Å². The SMILES string of the molecule is C=COP=O.CC(C)(O)C(C)(C)O. The maximum atomic E-state index is 9.21. The average Bonchev–Trinajstić information content (AvgIpc) is 1.85. The Hall–Kier alpha value is -0.440. The second-order valence-corrected chi connectivity index (χ2v) is 3.82. The van der Waals surface area contributed by atoms with Gasteiger partial charge in [-0.3, -0.25) is 0 Å². The van der Waals surface area contributed by atoms with Gasteiger partial charge in [0.1, 0.15) is 0 Å². The maximum absolute atomic E-state index is 9.21. The fourth-order valence-electron chi connectivity index (χ4n) is 0.0304. The second-order valence-electron chi connectivity index (χ2n) is 3.46. The van der Waals surface area contributed by atoms with Crippen molar-refractivity contribution in [3.05, 3.63) is 12.8 Å². The molecule has 0 atom stereocenters. The standard InChI is InChI=1S/C6H14O2.C2H3O2P/c1-5(2,7)6(3,4)8;1-2-4-5-3/h7-8H,1-4H3;2H,1H2. The molecule has 0 aliphatic carbocycles. The lowest BCUT2D eigenvalue weighted by Crippen LogP contribution is -2.44. The minimum atomic E-state index is -1.01. The van der Waals surface area contributed by atoms with Crippen LogP contribution in [-0.4, -0.2) is 21.4 Å². The smallest absolute Gasteiger partial charge is 0.395 e. The Morgan fingerprint density at radius 3 is 1.54 bits per heavy atom. The van der Waals surface area contributed by atoms with Gasteiger partial charge in [-0.15, -0.1) is 0 Å². The fraction of sp³-hybridized carbons (Fsp3) is 0.750. The van der Waals surface area contributed by atoms with Crippen molar-refractivity contribution >= 4 is 8.69 Å². The van der Waals surface area contributed by atoms with Gasteiger partial charge in [0.05, 0.1) is 17.5 Å². The summed E-state index contributed by atoms with van der Waals surface area (Å²) < 4.78 is 13.2. The van der Waals surface area contributed by atoms with Crippen LogP contribution >= 0.6 is 8.69 Å². The molecular formula is C8H17O4P. The first-order chi connectivity index (χ1) is 5.66. The number of rotatable bonds is 3. The summed E-state index contributed by atoms with van der Waals surface area (Å²) in [5.74, 6) is 0. The molecule has 0 amide bonds. The molecule has 0 saturated heterocycles. The molecule has 0 aromatic rings. The van der Waals surface area contributed by atoms with Crippen LogP contribution in [0.4, 0.5) is 0 Å². The monoisotopic (exact) mass is 208 g/mol. The third-order valence-electron chi connectivity index (χ3n) is 1.61. The van der Waals surface area contributed by atoms with Gasteiger partial charge >= 0.3 is 8.69 Å². The highest BCUT2D eigenvalue weighted by Crippen LogP contribution is 2.19. The lowest BCUT2D eigenvalue weighted by atomic mass is 9.90. The van der Waals surface area contributed by atoms with E-state index in [1.807, 2.05) is 0 Å². The third-order valence-corrected chi connectivity index (χ3v) is 1.85. The van der Waals surface area contributed by atoms with Crippen LogP contribution in [-0.2, 0) is 9.09 Å². The van der Waals surface area contributed by atoms with Crippen molar-refractivity contribution in [3.8, 4) is 0 Å². The number of hydrogen-bond acceptors (Lipinski definition) is 4. The normalized spacial score (nSPS) is 11.5. The van der Waals surface area contributed by atoms with Gasteiger partial charge in [-0.2, -0.15) is 0 Å². The summed E-state index contributed by atoms with van der Waals surface area (Å²) in [6.45, 7) is 9.43. The van der Waals surface area contributed by atoms with Gasteiger partial charge in [-0.05, 0) is 27.7 Å². The second kappa shape index (κ2) is 6.08. The van der Waals surface area contributed by atoms with Crippen LogP contribution < -0.4 is 0 Å². The zero-order chi connectivity index (χ0) is 11.1. The minimum absolute atomic E-state index is 0.338. The van der Waals surface area contributed by atoms with Gasteiger partial charge in [-0.25, -0.2) is 4.57 Å². The fourth-order valence-corrected chi connectivity index (χ4v) is 0.0913. The molecule has 0 saturated carbocycles. The molecule has 0 spiro atoms. The Labute approximate surface area is 80.5 Å². The summed E-state index contributed by atoms with van der Waals surface area (Å²) in [5.41, 5.74) is -2.01. The summed E-state index contributed by atoms with van der Waals surface area (Å²) in [4.78, 5) is 0. The summed E-state index contributed by atoms with van der Waals surface area (Å²) in [5, 5.41) is 18.2. The number of aliphatic hydroxyl groups is 2. The number of hydrogen-bond donors (Lipinski definition) is 2. The molecule has 0 radical (unpaired) electrons. The average molecular weight is 208 g/mol. The first-order valence-electron chi connectivity index (χ1n) is 3.71. The summed E-state index contributed by atoms with van der Waals surface area (Å²) in [6, 6.07) is 0. The van der Waals surface area contributed by atoms with E-state index in [0.29, 0.717) is 0 Å². The molecule has 0 rings (SSSR count). The maximum Gasteiger partial charge on any atom is 0.395 e. The van der Waals surface area contributed by atoms with Gasteiger partial charge in [0.25, 0.3) is 0 Å². The highest BCUT2D eigenvalue weighted by atomic mass is 31.1. The molecule has 0 fully saturated rings. The van der Waals surface area contributed by atoms with Crippen molar-refractivity contribution in [2.24, 2.45) is 0 Å². The van der Waals surface area contributed by atoms with E-state index >= 15 is 0 Å². The molecule has 2 N–H and O–H groups in total. The van der Waals surface area contributed by atoms with Crippen LogP contribution in [0.5, 0.6) is 0 Å². The van der Waals surface area contributed by atoms with E-state index in [1.165, 1.54) is 0 Å². The van der Waals surface area contributed by atoms with E-state index in [0.717, 1.165) is 6.26 Å². The summed E-state index contributed by atoms with van der Waals surface area (Å²) >= 11 is 0. The largest absolute Gasteiger partial charge is 0.416 e. The quantitative estimate of drug-likeness (QED) is 0.549. The lowest BCUT2D eigenvalue weighted by Gasteiger charge is -2.31. The van der Waals surface area contributed by atoms with E-state index < -0.39 is 11.2 Å². The molecule has 0 aliphatic rings.